The molecule has 0 amide bonds. The molecule has 142 valence electrons. The van der Waals surface area contributed by atoms with Crippen molar-refractivity contribution < 1.29 is 8.42 Å². The Kier molecular flexibility index (Phi) is 4.18. The van der Waals surface area contributed by atoms with Gasteiger partial charge < -0.3 is 0 Å². The van der Waals surface area contributed by atoms with Gasteiger partial charge in [0.15, 0.2) is 0 Å². The van der Waals surface area contributed by atoms with Crippen LogP contribution in [-0.2, 0) is 10.0 Å². The summed E-state index contributed by atoms with van der Waals surface area (Å²) >= 11 is 0. The fourth-order valence-corrected chi connectivity index (χ4v) is 5.69. The van der Waals surface area contributed by atoms with Crippen molar-refractivity contribution in [1.29, 1.82) is 0 Å². The average Bonchev–Trinajstić information content (AvgIpc) is 2.99. The molecule has 0 radical (unpaired) electrons. The summed E-state index contributed by atoms with van der Waals surface area (Å²) in [5.74, 6) is 0.553. The molecule has 0 N–H and O–H groups in total. The highest BCUT2D eigenvalue weighted by atomic mass is 32.2. The topological polar surface area (TPSA) is 85.9 Å². The number of aryl methyl sites for hydroxylation is 1. The standard InChI is InChI=1S/C17H26N6O2S/c1-11(2)23-13(4)17(12(3)19-23)26(24,25)21-8-7-15(9-21)22-10-16(18-20-22)14-5-6-14/h10-11,14-15H,5-9H2,1-4H3. The minimum Gasteiger partial charge on any atom is -0.266 e. The van der Waals surface area contributed by atoms with Gasteiger partial charge in [0.1, 0.15) is 4.90 Å². The van der Waals surface area contributed by atoms with Crippen molar-refractivity contribution in [2.75, 3.05) is 13.1 Å². The molecule has 0 spiro atoms. The Balaban J connectivity index is 1.57. The predicted molar refractivity (Wildman–Crippen MR) is 96.5 cm³/mol. The molecular weight excluding hydrogens is 352 g/mol. The van der Waals surface area contributed by atoms with Gasteiger partial charge in [-0.25, -0.2) is 13.1 Å². The van der Waals surface area contributed by atoms with Crippen molar-refractivity contribution >= 4 is 10.0 Å². The first-order valence-corrected chi connectivity index (χ1v) is 10.7. The molecule has 0 aromatic carbocycles. The third-order valence-electron chi connectivity index (χ3n) is 5.37. The van der Waals surface area contributed by atoms with Gasteiger partial charge in [-0.15, -0.1) is 5.10 Å². The number of nitrogens with zero attached hydrogens (tertiary/aromatic N) is 6. The SMILES string of the molecule is Cc1nn(C(C)C)c(C)c1S(=O)(=O)N1CCC(n2cc(C3CC3)nn2)C1. The maximum atomic E-state index is 13.2. The van der Waals surface area contributed by atoms with Crippen molar-refractivity contribution in [3.8, 4) is 0 Å². The van der Waals surface area contributed by atoms with E-state index in [0.717, 1.165) is 12.1 Å². The summed E-state index contributed by atoms with van der Waals surface area (Å²) in [6.07, 6.45) is 5.11. The quantitative estimate of drug-likeness (QED) is 0.796. The summed E-state index contributed by atoms with van der Waals surface area (Å²) in [6.45, 7) is 8.54. The van der Waals surface area contributed by atoms with Crippen molar-refractivity contribution in [2.45, 2.75) is 69.9 Å². The van der Waals surface area contributed by atoms with Gasteiger partial charge in [-0.1, -0.05) is 5.21 Å². The Morgan fingerprint density at radius 1 is 1.19 bits per heavy atom. The highest BCUT2D eigenvalue weighted by Gasteiger charge is 2.37. The van der Waals surface area contributed by atoms with Crippen LogP contribution in [0.15, 0.2) is 11.1 Å². The van der Waals surface area contributed by atoms with E-state index >= 15 is 0 Å². The second-order valence-corrected chi connectivity index (χ2v) is 9.62. The molecule has 1 saturated heterocycles. The van der Waals surface area contributed by atoms with Gasteiger partial charge in [0.05, 0.1) is 23.1 Å². The number of rotatable bonds is 5. The fraction of sp³-hybridized carbons (Fsp3) is 0.706. The molecule has 8 nitrogen and oxygen atoms in total. The number of hydrogen-bond donors (Lipinski definition) is 0. The second-order valence-electron chi connectivity index (χ2n) is 7.74. The molecule has 1 aliphatic carbocycles. The van der Waals surface area contributed by atoms with E-state index < -0.39 is 10.0 Å². The van der Waals surface area contributed by atoms with Crippen LogP contribution >= 0.6 is 0 Å². The summed E-state index contributed by atoms with van der Waals surface area (Å²) in [6, 6.07) is 0.172. The minimum atomic E-state index is -3.56. The van der Waals surface area contributed by atoms with E-state index in [4.69, 9.17) is 0 Å². The molecule has 1 saturated carbocycles. The van der Waals surface area contributed by atoms with Gasteiger partial charge in [0, 0.05) is 31.2 Å². The molecule has 0 bridgehead atoms. The van der Waals surface area contributed by atoms with Gasteiger partial charge in [-0.2, -0.15) is 9.40 Å². The van der Waals surface area contributed by atoms with Crippen LogP contribution in [0.3, 0.4) is 0 Å². The zero-order chi connectivity index (χ0) is 18.6. The molecule has 2 aromatic heterocycles. The first-order chi connectivity index (χ1) is 12.3. The van der Waals surface area contributed by atoms with Crippen LogP contribution in [-0.4, -0.2) is 50.6 Å². The molecule has 1 unspecified atom stereocenters. The minimum absolute atomic E-state index is 0.0468. The van der Waals surface area contributed by atoms with Gasteiger partial charge in [-0.3, -0.25) is 4.68 Å². The number of hydrogen-bond acceptors (Lipinski definition) is 5. The van der Waals surface area contributed by atoms with E-state index in [1.165, 1.54) is 12.8 Å². The number of sulfonamides is 1. The van der Waals surface area contributed by atoms with Crippen molar-refractivity contribution in [3.05, 3.63) is 23.3 Å². The van der Waals surface area contributed by atoms with Crippen LogP contribution in [0.5, 0.6) is 0 Å². The fourth-order valence-electron chi connectivity index (χ4n) is 3.83. The molecule has 9 heteroatoms. The van der Waals surface area contributed by atoms with Crippen LogP contribution in [0.2, 0.25) is 0 Å². The van der Waals surface area contributed by atoms with E-state index in [1.807, 2.05) is 31.6 Å². The Morgan fingerprint density at radius 2 is 1.92 bits per heavy atom. The lowest BCUT2D eigenvalue weighted by Gasteiger charge is -2.17. The molecule has 2 aliphatic rings. The van der Waals surface area contributed by atoms with Gasteiger partial charge in [-0.05, 0) is 47.0 Å². The third kappa shape index (κ3) is 2.87. The summed E-state index contributed by atoms with van der Waals surface area (Å²) in [5, 5.41) is 12.9. The normalized spacial score (nSPS) is 21.8. The molecule has 3 heterocycles. The van der Waals surface area contributed by atoms with E-state index in [-0.39, 0.29) is 12.1 Å². The lowest BCUT2D eigenvalue weighted by molar-refractivity contribution is 0.427. The van der Waals surface area contributed by atoms with Gasteiger partial charge in [0.25, 0.3) is 0 Å². The summed E-state index contributed by atoms with van der Waals surface area (Å²) in [7, 11) is -3.56. The van der Waals surface area contributed by atoms with Gasteiger partial charge >= 0.3 is 0 Å². The zero-order valence-corrected chi connectivity index (χ0v) is 16.6. The Bertz CT molecular complexity index is 925. The molecule has 26 heavy (non-hydrogen) atoms. The molecule has 1 atom stereocenters. The van der Waals surface area contributed by atoms with Crippen LogP contribution in [0.1, 0.15) is 68.2 Å². The van der Waals surface area contributed by atoms with Crippen LogP contribution in [0.25, 0.3) is 0 Å². The molecule has 1 aliphatic heterocycles. The lowest BCUT2D eigenvalue weighted by Crippen LogP contribution is -2.30. The number of aromatic nitrogens is 5. The Labute approximate surface area is 154 Å². The molecular formula is C17H26N6O2S. The Hall–Kier alpha value is -1.74. The zero-order valence-electron chi connectivity index (χ0n) is 15.8. The third-order valence-corrected chi connectivity index (χ3v) is 7.49. The van der Waals surface area contributed by atoms with E-state index in [9.17, 15) is 8.42 Å². The van der Waals surface area contributed by atoms with Crippen molar-refractivity contribution in [2.24, 2.45) is 0 Å². The summed E-state index contributed by atoms with van der Waals surface area (Å²) in [4.78, 5) is 0.351. The first kappa shape index (κ1) is 17.7. The maximum Gasteiger partial charge on any atom is 0.246 e. The first-order valence-electron chi connectivity index (χ1n) is 9.26. The summed E-state index contributed by atoms with van der Waals surface area (Å²) < 4.78 is 31.7. The van der Waals surface area contributed by atoms with Gasteiger partial charge in [0.2, 0.25) is 10.0 Å². The molecule has 2 fully saturated rings. The monoisotopic (exact) mass is 378 g/mol. The summed E-state index contributed by atoms with van der Waals surface area (Å²) in [5.41, 5.74) is 2.31. The highest BCUT2D eigenvalue weighted by Crippen LogP contribution is 2.39. The van der Waals surface area contributed by atoms with Crippen LogP contribution in [0.4, 0.5) is 0 Å². The molecule has 2 aromatic rings. The Morgan fingerprint density at radius 3 is 2.54 bits per heavy atom. The largest absolute Gasteiger partial charge is 0.266 e. The maximum absolute atomic E-state index is 13.2. The predicted octanol–water partition coefficient (Wildman–Crippen LogP) is 2.19. The highest BCUT2D eigenvalue weighted by molar-refractivity contribution is 7.89. The van der Waals surface area contributed by atoms with Crippen LogP contribution in [0, 0.1) is 13.8 Å². The molecule has 4 rings (SSSR count). The van der Waals surface area contributed by atoms with E-state index in [2.05, 4.69) is 15.4 Å². The van der Waals surface area contributed by atoms with E-state index in [0.29, 0.717) is 35.3 Å². The van der Waals surface area contributed by atoms with E-state index in [1.54, 1.807) is 15.9 Å². The second kappa shape index (κ2) is 6.16. The van der Waals surface area contributed by atoms with Crippen molar-refractivity contribution in [3.63, 3.8) is 0 Å². The van der Waals surface area contributed by atoms with Crippen molar-refractivity contribution in [1.82, 2.24) is 29.1 Å². The average molecular weight is 379 g/mol. The lowest BCUT2D eigenvalue weighted by atomic mass is 10.2. The smallest absolute Gasteiger partial charge is 0.246 e. The van der Waals surface area contributed by atoms with Crippen LogP contribution < -0.4 is 0 Å².